The summed E-state index contributed by atoms with van der Waals surface area (Å²) in [4.78, 5) is 14.2. The Balaban J connectivity index is 1.86. The fourth-order valence-electron chi connectivity index (χ4n) is 3.69. The molecule has 0 saturated carbocycles. The second-order valence-corrected chi connectivity index (χ2v) is 10.6. The molecular weight excluding hydrogens is 460 g/mol. The lowest BCUT2D eigenvalue weighted by Gasteiger charge is -2.20. The molecule has 0 radical (unpaired) electrons. The zero-order chi connectivity index (χ0) is 23.8. The number of amides is 1. The molecule has 0 bridgehead atoms. The number of nitrogens with zero attached hydrogens (tertiary/aromatic N) is 1. The summed E-state index contributed by atoms with van der Waals surface area (Å²) in [7, 11) is -3.67. The summed E-state index contributed by atoms with van der Waals surface area (Å²) in [5.74, 6) is 0.893. The van der Waals surface area contributed by atoms with Crippen LogP contribution in [0, 0.1) is 0 Å². The van der Waals surface area contributed by atoms with Crippen LogP contribution in [0.3, 0.4) is 0 Å². The molecule has 0 aliphatic carbocycles. The molecule has 1 aliphatic rings. The van der Waals surface area contributed by atoms with E-state index in [0.29, 0.717) is 36.7 Å². The summed E-state index contributed by atoms with van der Waals surface area (Å²) >= 11 is 1.60. The molecule has 33 heavy (non-hydrogen) atoms. The van der Waals surface area contributed by atoms with E-state index in [0.717, 1.165) is 30.1 Å². The molecule has 1 heterocycles. The highest BCUT2D eigenvalue weighted by atomic mass is 32.2. The standard InChI is InChI=1S/C24H32N2O5S2/c1-4-26(5-2)33(28,29)19-13-14-22(30-6-3)21(16-19)25-24(27)20-11-7-8-12-23(20)32-17-18-10-9-15-31-18/h7-8,11-14,16,18H,4-6,9-10,15,17H2,1-3H3,(H,25,27). The van der Waals surface area contributed by atoms with E-state index >= 15 is 0 Å². The van der Waals surface area contributed by atoms with Crippen molar-refractivity contribution in [1.82, 2.24) is 4.31 Å². The van der Waals surface area contributed by atoms with Gasteiger partial charge in [-0.1, -0.05) is 26.0 Å². The molecule has 3 rings (SSSR count). The molecule has 2 aromatic carbocycles. The Morgan fingerprint density at radius 1 is 1.18 bits per heavy atom. The van der Waals surface area contributed by atoms with Crippen molar-refractivity contribution >= 4 is 33.4 Å². The number of rotatable bonds is 11. The smallest absolute Gasteiger partial charge is 0.256 e. The first kappa shape index (κ1) is 25.6. The minimum absolute atomic E-state index is 0.117. The molecule has 1 N–H and O–H groups in total. The quantitative estimate of drug-likeness (QED) is 0.460. The number of carbonyl (C=O) groups excluding carboxylic acids is 1. The number of thioether (sulfide) groups is 1. The first-order valence-corrected chi connectivity index (χ1v) is 13.7. The van der Waals surface area contributed by atoms with E-state index in [4.69, 9.17) is 9.47 Å². The van der Waals surface area contributed by atoms with Crippen molar-refractivity contribution in [3.63, 3.8) is 0 Å². The predicted molar refractivity (Wildman–Crippen MR) is 132 cm³/mol. The monoisotopic (exact) mass is 492 g/mol. The Morgan fingerprint density at radius 2 is 1.94 bits per heavy atom. The van der Waals surface area contributed by atoms with Gasteiger partial charge in [-0.05, 0) is 50.1 Å². The molecule has 2 aromatic rings. The van der Waals surface area contributed by atoms with Gasteiger partial charge >= 0.3 is 0 Å². The normalized spacial score (nSPS) is 16.2. The van der Waals surface area contributed by atoms with Crippen LogP contribution in [0.5, 0.6) is 5.75 Å². The van der Waals surface area contributed by atoms with Crippen LogP contribution >= 0.6 is 11.8 Å². The number of ether oxygens (including phenoxy) is 2. The summed E-state index contributed by atoms with van der Waals surface area (Å²) in [6.07, 6.45) is 2.31. The van der Waals surface area contributed by atoms with Crippen molar-refractivity contribution < 1.29 is 22.7 Å². The highest BCUT2D eigenvalue weighted by Gasteiger charge is 2.24. The molecule has 1 unspecified atom stereocenters. The van der Waals surface area contributed by atoms with Crippen LogP contribution in [0.25, 0.3) is 0 Å². The summed E-state index contributed by atoms with van der Waals surface area (Å²) in [6.45, 7) is 7.33. The van der Waals surface area contributed by atoms with E-state index in [1.165, 1.54) is 16.4 Å². The van der Waals surface area contributed by atoms with E-state index in [2.05, 4.69) is 5.32 Å². The summed E-state index contributed by atoms with van der Waals surface area (Å²) < 4.78 is 38.7. The van der Waals surface area contributed by atoms with E-state index < -0.39 is 10.0 Å². The maximum atomic E-state index is 13.2. The zero-order valence-corrected chi connectivity index (χ0v) is 21.0. The summed E-state index contributed by atoms with van der Waals surface area (Å²) in [6, 6.07) is 12.0. The Morgan fingerprint density at radius 3 is 2.61 bits per heavy atom. The van der Waals surface area contributed by atoms with Gasteiger partial charge in [0.1, 0.15) is 5.75 Å². The average Bonchev–Trinajstić information content (AvgIpc) is 3.33. The van der Waals surface area contributed by atoms with Gasteiger partial charge in [-0.3, -0.25) is 4.79 Å². The molecule has 180 valence electrons. The maximum Gasteiger partial charge on any atom is 0.256 e. The predicted octanol–water partition coefficient (Wildman–Crippen LogP) is 4.64. The Kier molecular flexibility index (Phi) is 9.19. The van der Waals surface area contributed by atoms with Crippen molar-refractivity contribution in [2.45, 2.75) is 49.5 Å². The van der Waals surface area contributed by atoms with Gasteiger partial charge in [0.15, 0.2) is 0 Å². The lowest BCUT2D eigenvalue weighted by molar-refractivity contribution is 0.102. The van der Waals surface area contributed by atoms with Crippen LogP contribution in [0.15, 0.2) is 52.3 Å². The first-order valence-electron chi connectivity index (χ1n) is 11.3. The second-order valence-electron chi connectivity index (χ2n) is 7.58. The number of hydrogen-bond acceptors (Lipinski definition) is 6. The molecule has 9 heteroatoms. The zero-order valence-electron chi connectivity index (χ0n) is 19.4. The number of nitrogens with one attached hydrogen (secondary N) is 1. The Bertz CT molecular complexity index is 1050. The maximum absolute atomic E-state index is 13.2. The van der Waals surface area contributed by atoms with Crippen LogP contribution in [0.1, 0.15) is 44.0 Å². The van der Waals surface area contributed by atoms with Crippen LogP contribution in [-0.2, 0) is 14.8 Å². The van der Waals surface area contributed by atoms with Crippen molar-refractivity contribution in [1.29, 1.82) is 0 Å². The number of carbonyl (C=O) groups is 1. The third-order valence-corrected chi connectivity index (χ3v) is 8.67. The van der Waals surface area contributed by atoms with Gasteiger partial charge in [0.2, 0.25) is 10.0 Å². The number of sulfonamides is 1. The van der Waals surface area contributed by atoms with Gasteiger partial charge in [-0.2, -0.15) is 4.31 Å². The van der Waals surface area contributed by atoms with Crippen LogP contribution in [0.2, 0.25) is 0 Å². The van der Waals surface area contributed by atoms with Crippen molar-refractivity contribution in [2.24, 2.45) is 0 Å². The number of anilines is 1. The summed E-state index contributed by atoms with van der Waals surface area (Å²) in [5.41, 5.74) is 0.856. The highest BCUT2D eigenvalue weighted by molar-refractivity contribution is 7.99. The molecule has 1 saturated heterocycles. The van der Waals surface area contributed by atoms with Crippen LogP contribution in [-0.4, -0.2) is 56.8 Å². The van der Waals surface area contributed by atoms with E-state index in [1.807, 2.05) is 25.1 Å². The summed E-state index contributed by atoms with van der Waals surface area (Å²) in [5, 5.41) is 2.88. The van der Waals surface area contributed by atoms with E-state index in [1.54, 1.807) is 37.7 Å². The largest absolute Gasteiger partial charge is 0.492 e. The molecule has 0 aromatic heterocycles. The highest BCUT2D eigenvalue weighted by Crippen LogP contribution is 2.31. The number of hydrogen-bond donors (Lipinski definition) is 1. The lowest BCUT2D eigenvalue weighted by atomic mass is 10.2. The van der Waals surface area contributed by atoms with Crippen LogP contribution in [0.4, 0.5) is 5.69 Å². The van der Waals surface area contributed by atoms with Crippen LogP contribution < -0.4 is 10.1 Å². The van der Waals surface area contributed by atoms with Crippen molar-refractivity contribution in [3.8, 4) is 5.75 Å². The molecule has 0 spiro atoms. The topological polar surface area (TPSA) is 84.9 Å². The molecular formula is C24H32N2O5S2. The van der Waals surface area contributed by atoms with Crippen molar-refractivity contribution in [2.75, 3.05) is 37.4 Å². The fourth-order valence-corrected chi connectivity index (χ4v) is 6.29. The minimum Gasteiger partial charge on any atom is -0.492 e. The second kappa shape index (κ2) is 11.9. The van der Waals surface area contributed by atoms with E-state index in [-0.39, 0.29) is 16.9 Å². The first-order chi connectivity index (χ1) is 15.9. The fraction of sp³-hybridized carbons (Fsp3) is 0.458. The van der Waals surface area contributed by atoms with Crippen molar-refractivity contribution in [3.05, 3.63) is 48.0 Å². The van der Waals surface area contributed by atoms with Gasteiger partial charge in [-0.15, -0.1) is 11.8 Å². The Hall–Kier alpha value is -2.07. The number of benzene rings is 2. The van der Waals surface area contributed by atoms with Gasteiger partial charge in [0, 0.05) is 30.3 Å². The van der Waals surface area contributed by atoms with Gasteiger partial charge in [0.25, 0.3) is 5.91 Å². The SMILES string of the molecule is CCOc1ccc(S(=O)(=O)N(CC)CC)cc1NC(=O)c1ccccc1SCC1CCCO1. The molecule has 7 nitrogen and oxygen atoms in total. The Labute approximate surface area is 200 Å². The molecule has 1 fully saturated rings. The van der Waals surface area contributed by atoms with Gasteiger partial charge < -0.3 is 14.8 Å². The molecule has 1 atom stereocenters. The third kappa shape index (κ3) is 6.29. The third-order valence-electron chi connectivity index (χ3n) is 5.42. The molecule has 1 amide bonds. The van der Waals surface area contributed by atoms with Gasteiger partial charge in [-0.25, -0.2) is 8.42 Å². The average molecular weight is 493 g/mol. The molecule has 1 aliphatic heterocycles. The van der Waals surface area contributed by atoms with E-state index in [9.17, 15) is 13.2 Å². The van der Waals surface area contributed by atoms with Gasteiger partial charge in [0.05, 0.1) is 28.9 Å². The lowest BCUT2D eigenvalue weighted by Crippen LogP contribution is -2.30. The minimum atomic E-state index is -3.67.